The highest BCUT2D eigenvalue weighted by atomic mass is 19.1. The van der Waals surface area contributed by atoms with Crippen molar-refractivity contribution in [2.24, 2.45) is 0 Å². The molecule has 0 unspecified atom stereocenters. The number of aliphatic hydroxyl groups is 1. The van der Waals surface area contributed by atoms with Crippen LogP contribution in [0.3, 0.4) is 0 Å². The maximum atomic E-state index is 14.5. The number of urea groups is 1. The fourth-order valence-electron chi connectivity index (χ4n) is 5.41. The molecule has 41 heavy (non-hydrogen) atoms. The fraction of sp³-hybridized carbons (Fsp3) is 0.207. The minimum atomic E-state index is -0.772. The lowest BCUT2D eigenvalue weighted by Gasteiger charge is -2.19. The molecule has 4 amide bonds. The average molecular weight is 556 g/mol. The zero-order valence-corrected chi connectivity index (χ0v) is 22.0. The molecule has 0 spiro atoms. The summed E-state index contributed by atoms with van der Waals surface area (Å²) in [7, 11) is 0. The van der Waals surface area contributed by atoms with E-state index in [2.05, 4.69) is 37.9 Å². The Balaban J connectivity index is 1.23. The van der Waals surface area contributed by atoms with Gasteiger partial charge in [0, 0.05) is 30.4 Å². The summed E-state index contributed by atoms with van der Waals surface area (Å²) in [4.78, 5) is 42.3. The molecule has 0 saturated heterocycles. The molecule has 0 bridgehead atoms. The molecule has 1 aliphatic carbocycles. The van der Waals surface area contributed by atoms with E-state index >= 15 is 0 Å². The van der Waals surface area contributed by atoms with Crippen LogP contribution in [0.15, 0.2) is 49.2 Å². The van der Waals surface area contributed by atoms with Crippen LogP contribution in [0.4, 0.5) is 14.9 Å². The second-order valence-electron chi connectivity index (χ2n) is 10.1. The summed E-state index contributed by atoms with van der Waals surface area (Å²) in [6.45, 7) is 6.04. The number of nitrogens with zero attached hydrogens (tertiary/aromatic N) is 3. The highest BCUT2D eigenvalue weighted by Crippen LogP contribution is 2.36. The molecular formula is C29H26FN7O4. The third-order valence-electron chi connectivity index (χ3n) is 7.52. The molecule has 2 aromatic heterocycles. The number of nitrogens with one attached hydrogen (secondary N) is 4. The average Bonchev–Trinajstić information content (AvgIpc) is 3.54. The van der Waals surface area contributed by atoms with Gasteiger partial charge in [-0.25, -0.2) is 18.7 Å². The molecule has 1 aliphatic heterocycles. The third kappa shape index (κ3) is 4.73. The van der Waals surface area contributed by atoms with Crippen LogP contribution >= 0.6 is 0 Å². The summed E-state index contributed by atoms with van der Waals surface area (Å²) in [5, 5.41) is 25.0. The Bertz CT molecular complexity index is 1780. The summed E-state index contributed by atoms with van der Waals surface area (Å²) >= 11 is 0. The zero-order valence-electron chi connectivity index (χ0n) is 22.0. The summed E-state index contributed by atoms with van der Waals surface area (Å²) in [5.41, 5.74) is 5.39. The molecule has 2 aliphatic rings. The van der Waals surface area contributed by atoms with E-state index in [1.807, 2.05) is 25.1 Å². The molecule has 4 aromatic rings. The van der Waals surface area contributed by atoms with E-state index in [0.717, 1.165) is 38.5 Å². The lowest BCUT2D eigenvalue weighted by Crippen LogP contribution is -2.33. The number of benzene rings is 2. The maximum Gasteiger partial charge on any atom is 0.319 e. The van der Waals surface area contributed by atoms with Crippen LogP contribution < -0.4 is 21.3 Å². The topological polar surface area (TPSA) is 150 Å². The molecule has 11 nitrogen and oxygen atoms in total. The van der Waals surface area contributed by atoms with Crippen LogP contribution in [0.25, 0.3) is 11.4 Å². The van der Waals surface area contributed by atoms with Crippen LogP contribution in [-0.4, -0.2) is 37.6 Å². The summed E-state index contributed by atoms with van der Waals surface area (Å²) < 4.78 is 15.6. The van der Waals surface area contributed by atoms with Crippen molar-refractivity contribution in [3.05, 3.63) is 99.8 Å². The van der Waals surface area contributed by atoms with Gasteiger partial charge in [-0.15, -0.1) is 0 Å². The van der Waals surface area contributed by atoms with E-state index in [1.165, 1.54) is 6.07 Å². The Morgan fingerprint density at radius 3 is 2.85 bits per heavy atom. The van der Waals surface area contributed by atoms with Crippen molar-refractivity contribution in [2.75, 3.05) is 5.32 Å². The first kappa shape index (κ1) is 26.0. The standard InChI is InChI=1S/C29H26FN7O4/c1-14-18(15(2)38)5-6-20-19(14)7-8-22(20)35-28(40)25-10-24(34-26-21(30)13-33-37(25)26)27(39)31-11-16-3-4-17-12-32-29(41)36-23(17)9-16/h3-6,9-10,13,22,38H,2,7-8,11-12H2,1H3,(H,31,39)(H,35,40)(H2,32,36,41)/t22-/m0/s1. The lowest BCUT2D eigenvalue weighted by molar-refractivity contribution is 0.0929. The molecule has 5 N–H and O–H groups in total. The van der Waals surface area contributed by atoms with E-state index in [0.29, 0.717) is 30.6 Å². The molecular weight excluding hydrogens is 529 g/mol. The second kappa shape index (κ2) is 10.0. The zero-order chi connectivity index (χ0) is 28.8. The Morgan fingerprint density at radius 1 is 1.22 bits per heavy atom. The van der Waals surface area contributed by atoms with Crippen molar-refractivity contribution in [1.82, 2.24) is 30.5 Å². The van der Waals surface area contributed by atoms with Crippen molar-refractivity contribution in [2.45, 2.75) is 38.9 Å². The molecule has 3 heterocycles. The van der Waals surface area contributed by atoms with Crippen LogP contribution in [0, 0.1) is 12.7 Å². The van der Waals surface area contributed by atoms with E-state index in [9.17, 15) is 23.9 Å². The number of amides is 4. The predicted octanol–water partition coefficient (Wildman–Crippen LogP) is 3.69. The molecule has 208 valence electrons. The van der Waals surface area contributed by atoms with E-state index in [1.54, 1.807) is 12.1 Å². The van der Waals surface area contributed by atoms with Gasteiger partial charge < -0.3 is 26.4 Å². The van der Waals surface area contributed by atoms with Gasteiger partial charge in [-0.1, -0.05) is 30.8 Å². The molecule has 2 aromatic carbocycles. The van der Waals surface area contributed by atoms with Gasteiger partial charge in [0.1, 0.15) is 17.1 Å². The van der Waals surface area contributed by atoms with Crippen molar-refractivity contribution in [3.63, 3.8) is 0 Å². The highest BCUT2D eigenvalue weighted by molar-refractivity contribution is 5.98. The first-order valence-corrected chi connectivity index (χ1v) is 13.0. The number of hydrogen-bond acceptors (Lipinski definition) is 6. The number of halogens is 1. The number of hydrogen-bond donors (Lipinski definition) is 5. The van der Waals surface area contributed by atoms with Crippen molar-refractivity contribution in [3.8, 4) is 0 Å². The predicted molar refractivity (Wildman–Crippen MR) is 148 cm³/mol. The van der Waals surface area contributed by atoms with E-state index in [-0.39, 0.29) is 41.4 Å². The molecule has 0 saturated carbocycles. The molecule has 0 radical (unpaired) electrons. The molecule has 1 atom stereocenters. The van der Waals surface area contributed by atoms with Gasteiger partial charge in [0.15, 0.2) is 11.5 Å². The third-order valence-corrected chi connectivity index (χ3v) is 7.52. The van der Waals surface area contributed by atoms with Gasteiger partial charge in [-0.2, -0.15) is 5.10 Å². The van der Waals surface area contributed by atoms with Crippen LogP contribution in [-0.2, 0) is 19.5 Å². The molecule has 6 rings (SSSR count). The van der Waals surface area contributed by atoms with Crippen molar-refractivity contribution in [1.29, 1.82) is 0 Å². The smallest absolute Gasteiger partial charge is 0.319 e. The number of aromatic nitrogens is 3. The second-order valence-corrected chi connectivity index (χ2v) is 10.1. The quantitative estimate of drug-likeness (QED) is 0.229. The number of fused-ring (bicyclic) bond motifs is 3. The molecule has 12 heteroatoms. The van der Waals surface area contributed by atoms with Gasteiger partial charge in [-0.3, -0.25) is 9.59 Å². The van der Waals surface area contributed by atoms with Crippen molar-refractivity contribution >= 4 is 34.9 Å². The number of rotatable bonds is 6. The number of carbonyl (C=O) groups excluding carboxylic acids is 3. The largest absolute Gasteiger partial charge is 0.508 e. The van der Waals surface area contributed by atoms with Gasteiger partial charge >= 0.3 is 6.03 Å². The minimum absolute atomic E-state index is 0.0147. The Morgan fingerprint density at radius 2 is 2.05 bits per heavy atom. The van der Waals surface area contributed by atoms with Gasteiger partial charge in [-0.05, 0) is 53.6 Å². The normalized spacial score (nSPS) is 15.5. The highest BCUT2D eigenvalue weighted by Gasteiger charge is 2.28. The number of aliphatic hydroxyl groups excluding tert-OH is 1. The summed E-state index contributed by atoms with van der Waals surface area (Å²) in [6.07, 6.45) is 2.27. The minimum Gasteiger partial charge on any atom is -0.508 e. The SMILES string of the molecule is C=C(O)c1ccc2c(c1C)CC[C@@H]2NC(=O)c1cc(C(=O)NCc2ccc3c(c2)NC(=O)NC3)nc2c(F)cnn12. The van der Waals surface area contributed by atoms with Gasteiger partial charge in [0.25, 0.3) is 11.8 Å². The molecule has 0 fully saturated rings. The number of anilines is 1. The van der Waals surface area contributed by atoms with Crippen molar-refractivity contribution < 1.29 is 23.9 Å². The first-order valence-electron chi connectivity index (χ1n) is 13.0. The van der Waals surface area contributed by atoms with Crippen LogP contribution in [0.5, 0.6) is 0 Å². The van der Waals surface area contributed by atoms with Crippen LogP contribution in [0.2, 0.25) is 0 Å². The summed E-state index contributed by atoms with van der Waals surface area (Å²) in [6, 6.07) is 9.72. The van der Waals surface area contributed by atoms with E-state index in [4.69, 9.17) is 0 Å². The van der Waals surface area contributed by atoms with Crippen LogP contribution in [0.1, 0.15) is 66.8 Å². The maximum absolute atomic E-state index is 14.5. The Kier molecular flexibility index (Phi) is 6.37. The summed E-state index contributed by atoms with van der Waals surface area (Å²) in [5.74, 6) is -1.94. The lowest BCUT2D eigenvalue weighted by atomic mass is 9.97. The monoisotopic (exact) mass is 555 g/mol. The van der Waals surface area contributed by atoms with Gasteiger partial charge in [0.2, 0.25) is 0 Å². The first-order chi connectivity index (χ1) is 19.7. The number of carbonyl (C=O) groups is 3. The Hall–Kier alpha value is -5.26. The fourth-order valence-corrected chi connectivity index (χ4v) is 5.41. The van der Waals surface area contributed by atoms with E-state index < -0.39 is 17.6 Å². The Labute approximate surface area is 233 Å². The van der Waals surface area contributed by atoms with Gasteiger partial charge in [0.05, 0.1) is 12.2 Å².